The highest BCUT2D eigenvalue weighted by atomic mass is 16.5. The van der Waals surface area contributed by atoms with Crippen LogP contribution in [0.4, 0.5) is 5.95 Å². The number of piperazine rings is 1. The first-order chi connectivity index (χ1) is 13.7. The maximum absolute atomic E-state index is 13.1. The summed E-state index contributed by atoms with van der Waals surface area (Å²) in [5.41, 5.74) is 0. The van der Waals surface area contributed by atoms with Crippen LogP contribution in [0.15, 0.2) is 6.33 Å². The number of ether oxygens (including phenoxy) is 2. The van der Waals surface area contributed by atoms with Gasteiger partial charge in [0, 0.05) is 58.4 Å². The Bertz CT molecular complexity index is 655. The maximum atomic E-state index is 13.1. The second-order valence-corrected chi connectivity index (χ2v) is 7.56. The summed E-state index contributed by atoms with van der Waals surface area (Å²) in [5.74, 6) is 0.653. The highest BCUT2D eigenvalue weighted by Crippen LogP contribution is 2.21. The summed E-state index contributed by atoms with van der Waals surface area (Å²) in [6.45, 7) is 5.80. The number of hydrogen-bond donors (Lipinski definition) is 1. The molecule has 1 aromatic rings. The quantitative estimate of drug-likeness (QED) is 0.729. The van der Waals surface area contributed by atoms with Crippen molar-refractivity contribution in [1.82, 2.24) is 25.0 Å². The average Bonchev–Trinajstić information content (AvgIpc) is 3.18. The van der Waals surface area contributed by atoms with Gasteiger partial charge in [-0.2, -0.15) is 10.1 Å². The van der Waals surface area contributed by atoms with Gasteiger partial charge in [0.05, 0.1) is 19.1 Å². The van der Waals surface area contributed by atoms with Crippen LogP contribution in [-0.4, -0.2) is 102 Å². The van der Waals surface area contributed by atoms with Gasteiger partial charge in [0.2, 0.25) is 17.8 Å². The molecule has 10 heteroatoms. The van der Waals surface area contributed by atoms with Crippen LogP contribution in [0.25, 0.3) is 0 Å². The minimum Gasteiger partial charge on any atom is -0.381 e. The Morgan fingerprint density at radius 1 is 0.929 bits per heavy atom. The largest absolute Gasteiger partial charge is 0.381 e. The Morgan fingerprint density at radius 2 is 1.68 bits per heavy atom. The van der Waals surface area contributed by atoms with Crippen molar-refractivity contribution in [3.05, 3.63) is 6.33 Å². The van der Waals surface area contributed by atoms with Gasteiger partial charge in [-0.25, -0.2) is 5.10 Å². The number of carbonyl (C=O) groups is 2. The van der Waals surface area contributed by atoms with Crippen LogP contribution < -0.4 is 4.90 Å². The number of anilines is 1. The van der Waals surface area contributed by atoms with Crippen LogP contribution in [0.5, 0.6) is 0 Å². The lowest BCUT2D eigenvalue weighted by Gasteiger charge is -2.36. The Hall–Kier alpha value is -2.20. The highest BCUT2D eigenvalue weighted by molar-refractivity contribution is 5.82. The molecule has 0 bridgehead atoms. The third-order valence-corrected chi connectivity index (χ3v) is 5.79. The van der Waals surface area contributed by atoms with E-state index in [0.29, 0.717) is 65.7 Å². The predicted octanol–water partition coefficient (Wildman–Crippen LogP) is -0.645. The molecule has 3 aliphatic heterocycles. The van der Waals surface area contributed by atoms with Crippen molar-refractivity contribution in [2.24, 2.45) is 11.8 Å². The highest BCUT2D eigenvalue weighted by Gasteiger charge is 2.34. The lowest BCUT2D eigenvalue weighted by molar-refractivity contribution is -0.141. The Balaban J connectivity index is 1.33. The summed E-state index contributed by atoms with van der Waals surface area (Å²) in [7, 11) is 0. The summed E-state index contributed by atoms with van der Waals surface area (Å²) >= 11 is 0. The van der Waals surface area contributed by atoms with Crippen molar-refractivity contribution in [2.45, 2.75) is 12.8 Å². The van der Waals surface area contributed by atoms with Crippen LogP contribution in [0.1, 0.15) is 12.8 Å². The van der Waals surface area contributed by atoms with E-state index in [1.54, 1.807) is 0 Å². The zero-order valence-electron chi connectivity index (χ0n) is 16.1. The number of nitrogens with one attached hydrogen (secondary N) is 1. The molecule has 0 aromatic carbocycles. The van der Waals surface area contributed by atoms with E-state index in [1.165, 1.54) is 6.33 Å². The number of aromatic nitrogens is 3. The van der Waals surface area contributed by atoms with Crippen LogP contribution in [0.3, 0.4) is 0 Å². The molecule has 28 heavy (non-hydrogen) atoms. The van der Waals surface area contributed by atoms with Gasteiger partial charge in [-0.3, -0.25) is 9.59 Å². The van der Waals surface area contributed by atoms with Gasteiger partial charge in [0.15, 0.2) is 0 Å². The van der Waals surface area contributed by atoms with E-state index in [0.717, 1.165) is 18.8 Å². The number of aromatic amines is 1. The van der Waals surface area contributed by atoms with Gasteiger partial charge < -0.3 is 24.2 Å². The van der Waals surface area contributed by atoms with E-state index in [9.17, 15) is 9.59 Å². The van der Waals surface area contributed by atoms with Crippen LogP contribution in [0, 0.1) is 11.8 Å². The van der Waals surface area contributed by atoms with Gasteiger partial charge in [-0.05, 0) is 12.8 Å². The fraction of sp³-hybridized carbons (Fsp3) is 0.778. The molecule has 0 aliphatic carbocycles. The molecule has 3 saturated heterocycles. The fourth-order valence-corrected chi connectivity index (χ4v) is 4.11. The van der Waals surface area contributed by atoms with Crippen LogP contribution in [-0.2, 0) is 19.1 Å². The van der Waals surface area contributed by atoms with Crippen molar-refractivity contribution in [1.29, 1.82) is 0 Å². The number of hydrogen-bond acceptors (Lipinski definition) is 7. The number of amides is 2. The van der Waals surface area contributed by atoms with E-state index in [-0.39, 0.29) is 23.7 Å². The second kappa shape index (κ2) is 8.87. The molecule has 1 unspecified atom stereocenters. The molecule has 3 aliphatic rings. The SMILES string of the molecule is O=C(C1COCCN(C(=O)C2CCOCC2)C1)N1CCN(c2ncn[nH]2)CC1. The molecule has 0 saturated carbocycles. The van der Waals surface area contributed by atoms with Gasteiger partial charge in [-0.15, -0.1) is 0 Å². The van der Waals surface area contributed by atoms with Gasteiger partial charge >= 0.3 is 0 Å². The fourth-order valence-electron chi connectivity index (χ4n) is 4.11. The molecule has 10 nitrogen and oxygen atoms in total. The molecule has 0 radical (unpaired) electrons. The topological polar surface area (TPSA) is 104 Å². The first-order valence-corrected chi connectivity index (χ1v) is 10.1. The first-order valence-electron chi connectivity index (χ1n) is 10.1. The van der Waals surface area contributed by atoms with Crippen molar-refractivity contribution in [3.63, 3.8) is 0 Å². The molecule has 4 rings (SSSR count). The number of carbonyl (C=O) groups excluding carboxylic acids is 2. The van der Waals surface area contributed by atoms with E-state index >= 15 is 0 Å². The smallest absolute Gasteiger partial charge is 0.229 e. The molecule has 154 valence electrons. The molecule has 0 spiro atoms. The zero-order valence-corrected chi connectivity index (χ0v) is 16.1. The van der Waals surface area contributed by atoms with Crippen molar-refractivity contribution < 1.29 is 19.1 Å². The predicted molar refractivity (Wildman–Crippen MR) is 99.6 cm³/mol. The van der Waals surface area contributed by atoms with Crippen molar-refractivity contribution in [3.8, 4) is 0 Å². The normalized spacial score (nSPS) is 24.9. The Labute approximate surface area is 164 Å². The molecular formula is C18H28N6O4. The number of H-pyrrole nitrogens is 1. The summed E-state index contributed by atoms with van der Waals surface area (Å²) in [4.78, 5) is 35.9. The molecule has 1 N–H and O–H groups in total. The average molecular weight is 392 g/mol. The second-order valence-electron chi connectivity index (χ2n) is 7.56. The maximum Gasteiger partial charge on any atom is 0.229 e. The van der Waals surface area contributed by atoms with Crippen molar-refractivity contribution in [2.75, 3.05) is 70.6 Å². The number of rotatable bonds is 3. The van der Waals surface area contributed by atoms with Gasteiger partial charge in [-0.1, -0.05) is 0 Å². The molecule has 2 amide bonds. The number of nitrogens with zero attached hydrogens (tertiary/aromatic N) is 5. The molecule has 1 aromatic heterocycles. The summed E-state index contributed by atoms with van der Waals surface area (Å²) in [5, 5.41) is 6.74. The van der Waals surface area contributed by atoms with E-state index in [4.69, 9.17) is 9.47 Å². The monoisotopic (exact) mass is 392 g/mol. The Morgan fingerprint density at radius 3 is 2.39 bits per heavy atom. The molecule has 3 fully saturated rings. The molecule has 1 atom stereocenters. The third-order valence-electron chi connectivity index (χ3n) is 5.79. The van der Waals surface area contributed by atoms with Crippen LogP contribution >= 0.6 is 0 Å². The van der Waals surface area contributed by atoms with Gasteiger partial charge in [0.1, 0.15) is 6.33 Å². The van der Waals surface area contributed by atoms with E-state index in [1.807, 2.05) is 9.80 Å². The standard InChI is InChI=1S/C18H28N6O4/c25-16(14-1-8-27-9-2-14)24-7-10-28-12-15(11-24)17(26)22-3-5-23(6-4-22)18-19-13-20-21-18/h13-15H,1-12H2,(H,19,20,21). The van der Waals surface area contributed by atoms with Crippen LogP contribution in [0.2, 0.25) is 0 Å². The van der Waals surface area contributed by atoms with Gasteiger partial charge in [0.25, 0.3) is 0 Å². The molecular weight excluding hydrogens is 364 g/mol. The molecule has 4 heterocycles. The first kappa shape index (κ1) is 19.1. The van der Waals surface area contributed by atoms with E-state index in [2.05, 4.69) is 20.1 Å². The third kappa shape index (κ3) is 4.27. The van der Waals surface area contributed by atoms with Crippen molar-refractivity contribution >= 4 is 17.8 Å². The Kier molecular flexibility index (Phi) is 6.06. The summed E-state index contributed by atoms with van der Waals surface area (Å²) in [6, 6.07) is 0. The van der Waals surface area contributed by atoms with E-state index < -0.39 is 0 Å². The zero-order chi connectivity index (χ0) is 19.3. The minimum atomic E-state index is -0.303. The lowest BCUT2D eigenvalue weighted by atomic mass is 9.98. The summed E-state index contributed by atoms with van der Waals surface area (Å²) in [6.07, 6.45) is 3.01. The lowest BCUT2D eigenvalue weighted by Crippen LogP contribution is -2.52. The minimum absolute atomic E-state index is 0.00746. The summed E-state index contributed by atoms with van der Waals surface area (Å²) < 4.78 is 11.0.